The van der Waals surface area contributed by atoms with E-state index in [2.05, 4.69) is 41.4 Å². The lowest BCUT2D eigenvalue weighted by molar-refractivity contribution is 0.443. The van der Waals surface area contributed by atoms with E-state index in [4.69, 9.17) is 0 Å². The number of fused-ring (bicyclic) bond motifs is 5. The van der Waals surface area contributed by atoms with Crippen LogP contribution in [0.15, 0.2) is 60.8 Å². The molecule has 0 amide bonds. The Bertz CT molecular complexity index is 1360. The lowest BCUT2D eigenvalue weighted by Crippen LogP contribution is -2.38. The highest BCUT2D eigenvalue weighted by Gasteiger charge is 2.34. The molecule has 1 heterocycles. The van der Waals surface area contributed by atoms with Gasteiger partial charge in [-0.3, -0.25) is 9.54 Å². The second-order valence-electron chi connectivity index (χ2n) is 7.78. The zero-order valence-electron chi connectivity index (χ0n) is 15.8. The minimum absolute atomic E-state index is 0.304. The van der Waals surface area contributed by atoms with Gasteiger partial charge in [-0.25, -0.2) is 0 Å². The van der Waals surface area contributed by atoms with E-state index in [1.165, 1.54) is 16.2 Å². The zero-order chi connectivity index (χ0) is 20.0. The van der Waals surface area contributed by atoms with Gasteiger partial charge in [0.15, 0.2) is 0 Å². The van der Waals surface area contributed by atoms with Crippen LogP contribution in [0.1, 0.15) is 16.8 Å². The van der Waals surface area contributed by atoms with Crippen LogP contribution in [0.2, 0.25) is 0 Å². The van der Waals surface area contributed by atoms with Gasteiger partial charge < -0.3 is 0 Å². The van der Waals surface area contributed by atoms with Gasteiger partial charge in [0.05, 0.1) is 5.25 Å². The van der Waals surface area contributed by atoms with Gasteiger partial charge in [-0.2, -0.15) is 8.42 Å². The smallest absolute Gasteiger partial charge is 0.268 e. The molecule has 1 N–H and O–H groups in total. The van der Waals surface area contributed by atoms with Gasteiger partial charge in [0.1, 0.15) is 0 Å². The first-order valence-corrected chi connectivity index (χ1v) is 11.3. The fraction of sp³-hybridized carbons (Fsp3) is 0.208. The number of pyridine rings is 1. The lowest BCUT2D eigenvalue weighted by atomic mass is 9.85. The van der Waals surface area contributed by atoms with Gasteiger partial charge >= 0.3 is 0 Å². The maximum absolute atomic E-state index is 12.2. The Morgan fingerprint density at radius 1 is 1.00 bits per heavy atom. The third-order valence-electron chi connectivity index (χ3n) is 6.03. The molecule has 0 saturated heterocycles. The van der Waals surface area contributed by atoms with E-state index in [1.54, 1.807) is 6.20 Å². The molecule has 2 aromatic carbocycles. The van der Waals surface area contributed by atoms with Gasteiger partial charge in [0.2, 0.25) is 0 Å². The third-order valence-corrected chi connectivity index (χ3v) is 7.32. The number of benzene rings is 2. The molecular weight excluding hydrogens is 382 g/mol. The van der Waals surface area contributed by atoms with Crippen molar-refractivity contribution in [1.82, 2.24) is 4.98 Å². The summed E-state index contributed by atoms with van der Waals surface area (Å²) in [6.07, 6.45) is 11.8. The first-order valence-electron chi connectivity index (χ1n) is 9.79. The fourth-order valence-electron chi connectivity index (χ4n) is 4.62. The maximum atomic E-state index is 12.2. The van der Waals surface area contributed by atoms with Gasteiger partial charge in [0.25, 0.3) is 10.1 Å². The molecule has 0 radical (unpaired) electrons. The summed E-state index contributed by atoms with van der Waals surface area (Å²) in [5.74, 6) is -0.335. The molecule has 0 bridgehead atoms. The summed E-state index contributed by atoms with van der Waals surface area (Å²) in [6, 6.07) is 14.0. The molecule has 2 unspecified atom stereocenters. The highest BCUT2D eigenvalue weighted by atomic mass is 32.2. The van der Waals surface area contributed by atoms with Crippen LogP contribution in [0.25, 0.3) is 22.9 Å². The molecule has 5 rings (SSSR count). The molecule has 0 fully saturated rings. The second-order valence-corrected chi connectivity index (χ2v) is 9.42. The molecule has 0 saturated carbocycles. The first-order chi connectivity index (χ1) is 14.0. The van der Waals surface area contributed by atoms with Gasteiger partial charge in [0, 0.05) is 17.8 Å². The molecular formula is C24H21NO3S. The van der Waals surface area contributed by atoms with Crippen LogP contribution in [-0.2, 0) is 29.4 Å². The highest BCUT2D eigenvalue weighted by Crippen LogP contribution is 2.26. The Morgan fingerprint density at radius 3 is 2.55 bits per heavy atom. The van der Waals surface area contributed by atoms with Crippen molar-refractivity contribution in [3.05, 3.63) is 88.1 Å². The lowest BCUT2D eigenvalue weighted by Gasteiger charge is -2.27. The Kier molecular flexibility index (Phi) is 4.37. The molecule has 2 atom stereocenters. The van der Waals surface area contributed by atoms with Crippen LogP contribution in [-0.4, -0.2) is 23.2 Å². The summed E-state index contributed by atoms with van der Waals surface area (Å²) >= 11 is 0. The molecule has 1 aromatic heterocycles. The molecule has 5 heteroatoms. The van der Waals surface area contributed by atoms with Crippen molar-refractivity contribution in [1.29, 1.82) is 0 Å². The molecule has 0 spiro atoms. The standard InChI is InChI=1S/C24H21NO3S/c26-29(27,28)24-15-17-9-11-21-20-7-2-1-5-16(20)8-10-22(21)23(17)14-18(24)13-19-6-3-4-12-25-19/h1-4,6-12,14,18,24H,5,13,15H2,(H,26,27,28). The average Bonchev–Trinajstić information content (AvgIpc) is 2.73. The minimum Gasteiger partial charge on any atom is -0.285 e. The highest BCUT2D eigenvalue weighted by molar-refractivity contribution is 7.86. The molecule has 3 aromatic rings. The van der Waals surface area contributed by atoms with Crippen LogP contribution >= 0.6 is 0 Å². The van der Waals surface area contributed by atoms with E-state index >= 15 is 0 Å². The van der Waals surface area contributed by atoms with Gasteiger partial charge in [-0.1, -0.05) is 54.6 Å². The van der Waals surface area contributed by atoms with Crippen LogP contribution < -0.4 is 10.4 Å². The number of allylic oxidation sites excluding steroid dienone is 2. The van der Waals surface area contributed by atoms with Crippen LogP contribution in [0.3, 0.4) is 0 Å². The molecule has 146 valence electrons. The van der Waals surface area contributed by atoms with Gasteiger partial charge in [-0.15, -0.1) is 0 Å². The molecule has 2 aliphatic rings. The number of hydrogen-bond donors (Lipinski definition) is 1. The maximum Gasteiger partial charge on any atom is 0.268 e. The molecule has 4 nitrogen and oxygen atoms in total. The monoisotopic (exact) mass is 403 g/mol. The van der Waals surface area contributed by atoms with Crippen LogP contribution in [0, 0.1) is 5.92 Å². The molecule has 29 heavy (non-hydrogen) atoms. The summed E-state index contributed by atoms with van der Waals surface area (Å²) in [7, 11) is -4.18. The summed E-state index contributed by atoms with van der Waals surface area (Å²) in [5, 5.41) is 3.77. The average molecular weight is 404 g/mol. The van der Waals surface area contributed by atoms with Crippen molar-refractivity contribution in [2.75, 3.05) is 0 Å². The van der Waals surface area contributed by atoms with Crippen molar-refractivity contribution in [2.45, 2.75) is 24.5 Å². The van der Waals surface area contributed by atoms with Crippen molar-refractivity contribution >= 4 is 33.0 Å². The minimum atomic E-state index is -4.18. The number of aromatic nitrogens is 1. The number of hydrogen-bond acceptors (Lipinski definition) is 3. The van der Waals surface area contributed by atoms with Crippen molar-refractivity contribution in [2.24, 2.45) is 5.92 Å². The van der Waals surface area contributed by atoms with Crippen LogP contribution in [0.5, 0.6) is 0 Å². The largest absolute Gasteiger partial charge is 0.285 e. The Hall–Kier alpha value is -2.76. The van der Waals surface area contributed by atoms with Crippen LogP contribution in [0.4, 0.5) is 0 Å². The Labute approximate surface area is 169 Å². The number of rotatable bonds is 3. The molecule has 0 aliphatic heterocycles. The molecule has 2 aliphatic carbocycles. The van der Waals surface area contributed by atoms with E-state index in [9.17, 15) is 13.0 Å². The summed E-state index contributed by atoms with van der Waals surface area (Å²) in [4.78, 5) is 4.36. The van der Waals surface area contributed by atoms with E-state index in [0.29, 0.717) is 12.8 Å². The quantitative estimate of drug-likeness (QED) is 0.683. The van der Waals surface area contributed by atoms with E-state index < -0.39 is 15.4 Å². The third kappa shape index (κ3) is 3.30. The van der Waals surface area contributed by atoms with Crippen molar-refractivity contribution in [3.8, 4) is 0 Å². The van der Waals surface area contributed by atoms with Crippen molar-refractivity contribution < 1.29 is 13.0 Å². The predicted octanol–water partition coefficient (Wildman–Crippen LogP) is 2.58. The fourth-order valence-corrected chi connectivity index (χ4v) is 5.62. The van der Waals surface area contributed by atoms with Crippen molar-refractivity contribution in [3.63, 3.8) is 0 Å². The Balaban J connectivity index is 1.72. The van der Waals surface area contributed by atoms with Gasteiger partial charge in [-0.05, 0) is 63.7 Å². The zero-order valence-corrected chi connectivity index (χ0v) is 16.6. The summed E-state index contributed by atoms with van der Waals surface area (Å²) in [6.45, 7) is 0. The van der Waals surface area contributed by atoms with E-state index in [-0.39, 0.29) is 5.92 Å². The topological polar surface area (TPSA) is 67.3 Å². The number of nitrogens with zero attached hydrogens (tertiary/aromatic N) is 1. The predicted molar refractivity (Wildman–Crippen MR) is 115 cm³/mol. The first kappa shape index (κ1) is 18.3. The summed E-state index contributed by atoms with van der Waals surface area (Å²) in [5.41, 5.74) is 3.09. The normalized spacial score (nSPS) is 20.4. The van der Waals surface area contributed by atoms with E-state index in [0.717, 1.165) is 28.3 Å². The summed E-state index contributed by atoms with van der Waals surface area (Å²) < 4.78 is 34.2. The van der Waals surface area contributed by atoms with E-state index in [1.807, 2.05) is 30.3 Å². The SMILES string of the molecule is O=S(=O)(O)C1Cc2ccc3c4c(ccc3c2=CC1Cc1ccccn1)CC=CC=4. The Morgan fingerprint density at radius 2 is 1.79 bits per heavy atom. The second kappa shape index (κ2) is 6.94.